The van der Waals surface area contributed by atoms with Crippen LogP contribution in [0.25, 0.3) is 10.9 Å². The molecule has 8 rings (SSSR count). The van der Waals surface area contributed by atoms with Crippen molar-refractivity contribution < 1.29 is 24.1 Å². The normalized spacial score (nSPS) is 27.2. The highest BCUT2D eigenvalue weighted by Crippen LogP contribution is 2.65. The minimum absolute atomic E-state index is 0.170. The van der Waals surface area contributed by atoms with Crippen LogP contribution in [0.4, 0.5) is 0 Å². The van der Waals surface area contributed by atoms with Crippen LogP contribution < -0.4 is 15.3 Å². The van der Waals surface area contributed by atoms with Gasteiger partial charge in [-0.2, -0.15) is 4.67 Å². The number of nitrogens with zero attached hydrogens (tertiary/aromatic N) is 1. The number of aliphatic hydroxyl groups is 2. The molecule has 4 aromatic rings. The first-order valence-corrected chi connectivity index (χ1v) is 18.4. The van der Waals surface area contributed by atoms with Gasteiger partial charge in [-0.1, -0.05) is 66.7 Å². The molecule has 47 heavy (non-hydrogen) atoms. The number of aromatic amines is 1. The minimum Gasteiger partial charge on any atom is -0.422 e. The molecule has 10 heteroatoms. The number of hydrogen-bond acceptors (Lipinski definition) is 5. The number of fused-ring (bicyclic) bond motifs is 1. The van der Waals surface area contributed by atoms with Gasteiger partial charge in [0.15, 0.2) is 0 Å². The summed E-state index contributed by atoms with van der Waals surface area (Å²) < 4.78 is 23.3. The van der Waals surface area contributed by atoms with Gasteiger partial charge in [0.1, 0.15) is 17.4 Å². The first-order chi connectivity index (χ1) is 22.6. The van der Waals surface area contributed by atoms with Crippen LogP contribution in [0.2, 0.25) is 0 Å². The van der Waals surface area contributed by atoms with Crippen LogP contribution in [-0.4, -0.2) is 49.5 Å². The number of carbonyl (C=O) groups excluding carboxylic acids is 1. The van der Waals surface area contributed by atoms with Crippen LogP contribution >= 0.6 is 7.67 Å². The monoisotopic (exact) mass is 656 g/mol. The molecular formula is C37H45N4O5P. The summed E-state index contributed by atoms with van der Waals surface area (Å²) in [7, 11) is -4.22. The number of para-hydroxylation sites is 2. The summed E-state index contributed by atoms with van der Waals surface area (Å²) in [5.74, 6) is 1.29. The molecule has 4 aliphatic carbocycles. The van der Waals surface area contributed by atoms with Gasteiger partial charge in [0, 0.05) is 29.1 Å². The fourth-order valence-electron chi connectivity index (χ4n) is 9.46. The Bertz CT molecular complexity index is 1730. The zero-order valence-electron chi connectivity index (χ0n) is 26.8. The van der Waals surface area contributed by atoms with E-state index in [1.165, 1.54) is 0 Å². The number of rotatable bonds is 12. The Morgan fingerprint density at radius 2 is 1.57 bits per heavy atom. The lowest BCUT2D eigenvalue weighted by atomic mass is 9.52. The van der Waals surface area contributed by atoms with E-state index in [1.807, 2.05) is 42.6 Å². The molecule has 4 saturated carbocycles. The van der Waals surface area contributed by atoms with Gasteiger partial charge in [-0.15, -0.1) is 0 Å². The average molecular weight is 657 g/mol. The van der Waals surface area contributed by atoms with Gasteiger partial charge >= 0.3 is 7.67 Å². The number of amides is 1. The lowest BCUT2D eigenvalue weighted by Crippen LogP contribution is -2.70. The van der Waals surface area contributed by atoms with Gasteiger partial charge in [0.05, 0.1) is 12.6 Å². The first kappa shape index (κ1) is 32.1. The molecule has 4 fully saturated rings. The zero-order valence-corrected chi connectivity index (χ0v) is 27.7. The maximum absolute atomic E-state index is 15.2. The molecule has 4 unspecified atom stereocenters. The molecule has 6 N–H and O–H groups in total. The van der Waals surface area contributed by atoms with E-state index in [9.17, 15) is 10.2 Å². The van der Waals surface area contributed by atoms with Crippen molar-refractivity contribution in [1.82, 2.24) is 15.0 Å². The predicted octanol–water partition coefficient (Wildman–Crippen LogP) is 6.10. The summed E-state index contributed by atoms with van der Waals surface area (Å²) in [6.07, 6.45) is 6.68. The zero-order chi connectivity index (χ0) is 32.8. The van der Waals surface area contributed by atoms with Crippen LogP contribution in [-0.2, 0) is 15.8 Å². The van der Waals surface area contributed by atoms with Crippen molar-refractivity contribution in [3.05, 3.63) is 102 Å². The molecule has 248 valence electrons. The fourth-order valence-corrected chi connectivity index (χ4v) is 11.6. The van der Waals surface area contributed by atoms with Crippen molar-refractivity contribution in [2.75, 3.05) is 6.61 Å². The van der Waals surface area contributed by atoms with Gasteiger partial charge in [0.25, 0.3) is 0 Å². The molecule has 4 aliphatic rings. The molecule has 0 radical (unpaired) electrons. The summed E-state index contributed by atoms with van der Waals surface area (Å²) in [6.45, 7) is 1.31. The first-order valence-electron chi connectivity index (χ1n) is 16.7. The third-order valence-electron chi connectivity index (χ3n) is 10.9. The third kappa shape index (κ3) is 6.05. The molecule has 0 aliphatic heterocycles. The molecule has 1 aromatic heterocycles. The van der Waals surface area contributed by atoms with Crippen molar-refractivity contribution >= 4 is 24.5 Å². The molecule has 0 saturated heterocycles. The summed E-state index contributed by atoms with van der Waals surface area (Å²) in [4.78, 5) is 18.4. The average Bonchev–Trinajstić information content (AvgIpc) is 3.45. The number of nitrogens with one attached hydrogen (secondary N) is 2. The number of carbonyl (C=O) groups is 1. The Morgan fingerprint density at radius 1 is 1.00 bits per heavy atom. The molecule has 0 spiro atoms. The van der Waals surface area contributed by atoms with Crippen LogP contribution in [0.1, 0.15) is 62.7 Å². The lowest BCUT2D eigenvalue weighted by molar-refractivity contribution is -0.143. The Morgan fingerprint density at radius 3 is 2.19 bits per heavy atom. The quantitative estimate of drug-likeness (QED) is 0.116. The molecule has 4 atom stereocenters. The molecule has 1 heterocycles. The lowest BCUT2D eigenvalue weighted by Gasteiger charge is -2.63. The SMILES string of the molecule is CC(Cc1c[nH]c2ccccc12)(C(=O)NC(CO)C(O)c1ccccc1)N(C12CC3CC(CC(C3)C1)C2)P(N)(=O)Oc1ccccc1. The Hall–Kier alpha value is -3.46. The van der Waals surface area contributed by atoms with E-state index in [2.05, 4.69) is 10.3 Å². The maximum Gasteiger partial charge on any atom is 0.391 e. The molecule has 3 aromatic carbocycles. The Balaban J connectivity index is 1.36. The molecule has 9 nitrogen and oxygen atoms in total. The summed E-state index contributed by atoms with van der Waals surface area (Å²) in [5, 5.41) is 25.8. The smallest absolute Gasteiger partial charge is 0.391 e. The highest BCUT2D eigenvalue weighted by Gasteiger charge is 2.63. The van der Waals surface area contributed by atoms with E-state index in [1.54, 1.807) is 60.1 Å². The van der Waals surface area contributed by atoms with Crippen LogP contribution in [0, 0.1) is 17.8 Å². The largest absolute Gasteiger partial charge is 0.422 e. The van der Waals surface area contributed by atoms with E-state index in [-0.39, 0.29) is 6.42 Å². The Kier molecular flexibility index (Phi) is 8.56. The van der Waals surface area contributed by atoms with Crippen LogP contribution in [0.3, 0.4) is 0 Å². The van der Waals surface area contributed by atoms with Crippen LogP contribution in [0.15, 0.2) is 91.1 Å². The number of aromatic nitrogens is 1. The van der Waals surface area contributed by atoms with Crippen molar-refractivity contribution in [1.29, 1.82) is 0 Å². The van der Waals surface area contributed by atoms with E-state index in [0.717, 1.165) is 55.0 Å². The number of aliphatic hydroxyl groups excluding tert-OH is 2. The molecule has 1 amide bonds. The van der Waals surface area contributed by atoms with Gasteiger partial charge in [0.2, 0.25) is 5.91 Å². The Labute approximate surface area is 276 Å². The fraction of sp³-hybridized carbons (Fsp3) is 0.432. The second-order valence-corrected chi connectivity index (χ2v) is 16.1. The summed E-state index contributed by atoms with van der Waals surface area (Å²) in [5.41, 5.74) is 7.21. The maximum atomic E-state index is 15.2. The number of H-pyrrole nitrogens is 1. The number of benzene rings is 3. The standard InChI is InChI=1S/C37H45N4O5P/c1-36(22-29-23-39-32-15-9-8-14-31(29)32,35(44)40-33(24-42)34(43)28-10-4-2-5-11-28)41(47(38,45)46-30-12-6-3-7-13-30)37-19-25-16-26(20-37)18-27(17-25)21-37/h2-15,23,25-27,33-34,39,42-43H,16-22,24H2,1H3,(H2,38,45)(H,40,44). The van der Waals surface area contributed by atoms with Crippen molar-refractivity contribution in [3.63, 3.8) is 0 Å². The summed E-state index contributed by atoms with van der Waals surface area (Å²) in [6, 6.07) is 24.8. The van der Waals surface area contributed by atoms with Gasteiger partial charge < -0.3 is 25.0 Å². The van der Waals surface area contributed by atoms with Gasteiger partial charge in [-0.25, -0.2) is 10.1 Å². The number of nitrogens with two attached hydrogens (primary N) is 1. The molecule has 4 bridgehead atoms. The predicted molar refractivity (Wildman–Crippen MR) is 182 cm³/mol. The summed E-state index contributed by atoms with van der Waals surface area (Å²) >= 11 is 0. The minimum atomic E-state index is -4.22. The number of hydrogen-bond donors (Lipinski definition) is 5. The molecular weight excluding hydrogens is 611 g/mol. The highest BCUT2D eigenvalue weighted by atomic mass is 31.2. The van der Waals surface area contributed by atoms with Crippen molar-refractivity contribution in [2.45, 2.75) is 75.1 Å². The van der Waals surface area contributed by atoms with E-state index < -0.39 is 43.4 Å². The topological polar surface area (TPSA) is 141 Å². The van der Waals surface area contributed by atoms with Crippen LogP contribution in [0.5, 0.6) is 5.75 Å². The van der Waals surface area contributed by atoms with Crippen molar-refractivity contribution in [2.24, 2.45) is 23.3 Å². The second kappa shape index (κ2) is 12.5. The highest BCUT2D eigenvalue weighted by molar-refractivity contribution is 7.54. The van der Waals surface area contributed by atoms with Gasteiger partial charge in [-0.05, 0) is 92.5 Å². The third-order valence-corrected chi connectivity index (χ3v) is 12.8. The van der Waals surface area contributed by atoms with Gasteiger partial charge in [-0.3, -0.25) is 4.79 Å². The van der Waals surface area contributed by atoms with E-state index >= 15 is 9.36 Å². The van der Waals surface area contributed by atoms with E-state index in [0.29, 0.717) is 29.1 Å². The van der Waals surface area contributed by atoms with E-state index in [4.69, 9.17) is 10.0 Å². The van der Waals surface area contributed by atoms with Crippen molar-refractivity contribution in [3.8, 4) is 5.75 Å². The second-order valence-electron chi connectivity index (χ2n) is 14.4.